The third kappa shape index (κ3) is 1.80. The highest BCUT2D eigenvalue weighted by Gasteiger charge is 2.32. The normalized spacial score (nSPS) is 23.7. The fourth-order valence-corrected chi connectivity index (χ4v) is 3.58. The first kappa shape index (κ1) is 11.9. The lowest BCUT2D eigenvalue weighted by Crippen LogP contribution is -2.23. The zero-order valence-corrected chi connectivity index (χ0v) is 11.3. The van der Waals surface area contributed by atoms with Crippen LogP contribution in [0, 0.1) is 0 Å². The molecule has 0 saturated heterocycles. The SMILES string of the molecule is O=C1C[C@H](N[C@H]2CCc3ccccc32)c2ccccc21. The summed E-state index contributed by atoms with van der Waals surface area (Å²) < 4.78 is 0. The van der Waals surface area contributed by atoms with Gasteiger partial charge in [-0.15, -0.1) is 0 Å². The second kappa shape index (κ2) is 4.57. The maximum Gasteiger partial charge on any atom is 0.165 e. The van der Waals surface area contributed by atoms with Crippen LogP contribution in [0.3, 0.4) is 0 Å². The standard InChI is InChI=1S/C18H17NO/c20-18-11-17(14-7-3-4-8-15(14)18)19-16-10-9-12-5-1-2-6-13(12)16/h1-8,16-17,19H,9-11H2/t16-,17-/m0/s1. The average molecular weight is 263 g/mol. The summed E-state index contributed by atoms with van der Waals surface area (Å²) in [7, 11) is 0. The second-order valence-corrected chi connectivity index (χ2v) is 5.72. The molecule has 0 bridgehead atoms. The van der Waals surface area contributed by atoms with E-state index in [9.17, 15) is 4.79 Å². The van der Waals surface area contributed by atoms with E-state index in [1.807, 2.05) is 18.2 Å². The van der Waals surface area contributed by atoms with Crippen LogP contribution in [0.25, 0.3) is 0 Å². The number of aryl methyl sites for hydroxylation is 1. The number of carbonyl (C=O) groups is 1. The van der Waals surface area contributed by atoms with Crippen molar-refractivity contribution >= 4 is 5.78 Å². The Labute approximate surface area is 118 Å². The van der Waals surface area contributed by atoms with Gasteiger partial charge in [-0.3, -0.25) is 4.79 Å². The quantitative estimate of drug-likeness (QED) is 0.897. The van der Waals surface area contributed by atoms with Crippen LogP contribution in [0.4, 0.5) is 0 Å². The van der Waals surface area contributed by atoms with Crippen LogP contribution in [0.2, 0.25) is 0 Å². The summed E-state index contributed by atoms with van der Waals surface area (Å²) in [5.74, 6) is 0.268. The number of nitrogens with one attached hydrogen (secondary N) is 1. The smallest absolute Gasteiger partial charge is 0.165 e. The molecule has 0 fully saturated rings. The van der Waals surface area contributed by atoms with Gasteiger partial charge in [-0.05, 0) is 29.5 Å². The summed E-state index contributed by atoms with van der Waals surface area (Å²) >= 11 is 0. The molecule has 0 aliphatic heterocycles. The highest BCUT2D eigenvalue weighted by Crippen LogP contribution is 2.37. The fraction of sp³-hybridized carbons (Fsp3) is 0.278. The van der Waals surface area contributed by atoms with Crippen LogP contribution >= 0.6 is 0 Å². The minimum Gasteiger partial charge on any atom is -0.303 e. The molecule has 2 aliphatic rings. The van der Waals surface area contributed by atoms with Crippen LogP contribution in [0.5, 0.6) is 0 Å². The molecule has 0 heterocycles. The van der Waals surface area contributed by atoms with E-state index in [1.54, 1.807) is 0 Å². The van der Waals surface area contributed by atoms with Crippen molar-refractivity contribution in [2.45, 2.75) is 31.3 Å². The lowest BCUT2D eigenvalue weighted by Gasteiger charge is -2.20. The van der Waals surface area contributed by atoms with Gasteiger partial charge < -0.3 is 5.32 Å². The third-order valence-electron chi connectivity index (χ3n) is 4.56. The maximum atomic E-state index is 12.1. The van der Waals surface area contributed by atoms with E-state index in [1.165, 1.54) is 16.7 Å². The molecular weight excluding hydrogens is 246 g/mol. The lowest BCUT2D eigenvalue weighted by molar-refractivity contribution is 0.0984. The minimum absolute atomic E-state index is 0.176. The maximum absolute atomic E-state index is 12.1. The van der Waals surface area contributed by atoms with Crippen molar-refractivity contribution in [2.75, 3.05) is 0 Å². The summed E-state index contributed by atoms with van der Waals surface area (Å²) in [5.41, 5.74) is 4.92. The zero-order chi connectivity index (χ0) is 13.5. The van der Waals surface area contributed by atoms with Crippen LogP contribution in [-0.2, 0) is 6.42 Å². The summed E-state index contributed by atoms with van der Waals surface area (Å²) in [6.45, 7) is 0. The number of Topliss-reactive ketones (excluding diaryl/α,β-unsaturated/α-hetero) is 1. The molecule has 0 unspecified atom stereocenters. The molecule has 0 radical (unpaired) electrons. The zero-order valence-electron chi connectivity index (χ0n) is 11.3. The van der Waals surface area contributed by atoms with Crippen LogP contribution in [-0.4, -0.2) is 5.78 Å². The first-order valence-electron chi connectivity index (χ1n) is 7.29. The van der Waals surface area contributed by atoms with Crippen molar-refractivity contribution in [2.24, 2.45) is 0 Å². The number of benzene rings is 2. The molecule has 0 aromatic heterocycles. The Morgan fingerprint density at radius 1 is 0.900 bits per heavy atom. The van der Waals surface area contributed by atoms with Gasteiger partial charge in [0.25, 0.3) is 0 Å². The van der Waals surface area contributed by atoms with Crippen molar-refractivity contribution in [1.82, 2.24) is 5.32 Å². The fourth-order valence-electron chi connectivity index (χ4n) is 3.58. The van der Waals surface area contributed by atoms with Crippen molar-refractivity contribution < 1.29 is 4.79 Å². The molecule has 0 amide bonds. The van der Waals surface area contributed by atoms with E-state index in [0.29, 0.717) is 12.5 Å². The molecule has 2 nitrogen and oxygen atoms in total. The Morgan fingerprint density at radius 2 is 1.65 bits per heavy atom. The van der Waals surface area contributed by atoms with Crippen molar-refractivity contribution in [3.8, 4) is 0 Å². The summed E-state index contributed by atoms with van der Waals surface area (Å²) in [4.78, 5) is 12.1. The number of carbonyl (C=O) groups excluding carboxylic acids is 1. The highest BCUT2D eigenvalue weighted by molar-refractivity contribution is 6.01. The van der Waals surface area contributed by atoms with Crippen LogP contribution in [0.15, 0.2) is 48.5 Å². The first-order chi connectivity index (χ1) is 9.83. The van der Waals surface area contributed by atoms with E-state index in [4.69, 9.17) is 0 Å². The Hall–Kier alpha value is -1.93. The van der Waals surface area contributed by atoms with Gasteiger partial charge in [0.2, 0.25) is 0 Å². The number of rotatable bonds is 2. The topological polar surface area (TPSA) is 29.1 Å². The molecule has 20 heavy (non-hydrogen) atoms. The van der Waals surface area contributed by atoms with E-state index in [0.717, 1.165) is 18.4 Å². The number of hydrogen-bond acceptors (Lipinski definition) is 2. The molecule has 2 aliphatic carbocycles. The van der Waals surface area contributed by atoms with E-state index < -0.39 is 0 Å². The van der Waals surface area contributed by atoms with Crippen molar-refractivity contribution in [3.63, 3.8) is 0 Å². The number of fused-ring (bicyclic) bond motifs is 2. The average Bonchev–Trinajstić information content (AvgIpc) is 3.03. The van der Waals surface area contributed by atoms with Gasteiger partial charge in [0, 0.05) is 24.1 Å². The van der Waals surface area contributed by atoms with Gasteiger partial charge in [-0.1, -0.05) is 48.5 Å². The molecule has 0 spiro atoms. The van der Waals surface area contributed by atoms with Gasteiger partial charge in [0.1, 0.15) is 0 Å². The summed E-state index contributed by atoms with van der Waals surface area (Å²) in [6.07, 6.45) is 2.86. The van der Waals surface area contributed by atoms with Gasteiger partial charge in [-0.2, -0.15) is 0 Å². The Morgan fingerprint density at radius 3 is 2.55 bits per heavy atom. The van der Waals surface area contributed by atoms with E-state index in [2.05, 4.69) is 35.6 Å². The molecule has 1 N–H and O–H groups in total. The molecule has 2 heteroatoms. The summed E-state index contributed by atoms with van der Waals surface area (Å²) in [6, 6.07) is 17.2. The largest absolute Gasteiger partial charge is 0.303 e. The van der Waals surface area contributed by atoms with Crippen molar-refractivity contribution in [1.29, 1.82) is 0 Å². The van der Waals surface area contributed by atoms with E-state index in [-0.39, 0.29) is 11.8 Å². The number of ketones is 1. The molecule has 2 aromatic carbocycles. The predicted octanol–water partition coefficient (Wildman–Crippen LogP) is 3.59. The minimum atomic E-state index is 0.176. The molecule has 100 valence electrons. The molecular formula is C18H17NO. The molecule has 4 rings (SSSR count). The molecule has 0 saturated carbocycles. The van der Waals surface area contributed by atoms with E-state index >= 15 is 0 Å². The van der Waals surface area contributed by atoms with Gasteiger partial charge in [-0.25, -0.2) is 0 Å². The first-order valence-corrected chi connectivity index (χ1v) is 7.29. The Kier molecular flexibility index (Phi) is 2.71. The molecule has 2 atom stereocenters. The van der Waals surface area contributed by atoms with Crippen LogP contribution in [0.1, 0.15) is 52.0 Å². The van der Waals surface area contributed by atoms with Gasteiger partial charge in [0.05, 0.1) is 0 Å². The number of hydrogen-bond donors (Lipinski definition) is 1. The predicted molar refractivity (Wildman–Crippen MR) is 78.8 cm³/mol. The molecule has 2 aromatic rings. The third-order valence-corrected chi connectivity index (χ3v) is 4.56. The van der Waals surface area contributed by atoms with Crippen molar-refractivity contribution in [3.05, 3.63) is 70.8 Å². The monoisotopic (exact) mass is 263 g/mol. The highest BCUT2D eigenvalue weighted by atomic mass is 16.1. The Bertz CT molecular complexity index is 677. The lowest BCUT2D eigenvalue weighted by atomic mass is 10.0. The van der Waals surface area contributed by atoms with Gasteiger partial charge >= 0.3 is 0 Å². The Balaban J connectivity index is 1.62. The summed E-state index contributed by atoms with van der Waals surface area (Å²) in [5, 5.41) is 3.70. The second-order valence-electron chi connectivity index (χ2n) is 5.72. The van der Waals surface area contributed by atoms with Crippen LogP contribution < -0.4 is 5.32 Å². The van der Waals surface area contributed by atoms with Gasteiger partial charge in [0.15, 0.2) is 5.78 Å².